The Bertz CT molecular complexity index is 616. The fourth-order valence-corrected chi connectivity index (χ4v) is 5.42. The standard InChI is InChI=1S/C20H30OSi/c1-14-12-17(20(2,3)4)18(21-5)16(19(14)22(6)7)13-15-10-8-9-11-15/h8,10-12,22H,9,13H2,1-7H3. The van der Waals surface area contributed by atoms with Crippen molar-refractivity contribution in [1.29, 1.82) is 0 Å². The average Bonchev–Trinajstić information content (AvgIpc) is 2.89. The number of allylic oxidation sites excluding steroid dienone is 4. The van der Waals surface area contributed by atoms with E-state index in [0.717, 1.165) is 18.6 Å². The molecule has 1 aromatic carbocycles. The Morgan fingerprint density at radius 1 is 1.23 bits per heavy atom. The minimum atomic E-state index is -0.916. The van der Waals surface area contributed by atoms with Gasteiger partial charge in [0.2, 0.25) is 0 Å². The normalized spacial score (nSPS) is 14.6. The van der Waals surface area contributed by atoms with E-state index in [4.69, 9.17) is 4.74 Å². The molecule has 0 N–H and O–H groups in total. The molecule has 120 valence electrons. The van der Waals surface area contributed by atoms with Crippen LogP contribution >= 0.6 is 0 Å². The number of benzene rings is 1. The highest BCUT2D eigenvalue weighted by Gasteiger charge is 2.26. The Hall–Kier alpha value is -1.28. The number of aryl methyl sites for hydroxylation is 1. The van der Waals surface area contributed by atoms with Crippen LogP contribution in [0.1, 0.15) is 43.9 Å². The van der Waals surface area contributed by atoms with E-state index in [1.807, 2.05) is 7.11 Å². The monoisotopic (exact) mass is 314 g/mol. The van der Waals surface area contributed by atoms with Crippen molar-refractivity contribution < 1.29 is 4.74 Å². The Morgan fingerprint density at radius 2 is 1.91 bits per heavy atom. The minimum Gasteiger partial charge on any atom is -0.496 e. The van der Waals surface area contributed by atoms with E-state index < -0.39 is 8.80 Å². The summed E-state index contributed by atoms with van der Waals surface area (Å²) in [6.07, 6.45) is 8.93. The molecule has 0 saturated heterocycles. The SMILES string of the molecule is COc1c(C(C)(C)C)cc(C)c([SiH](C)C)c1CC1=CCC=C1. The van der Waals surface area contributed by atoms with Gasteiger partial charge in [0.15, 0.2) is 0 Å². The second-order valence-corrected chi connectivity index (χ2v) is 10.6. The highest BCUT2D eigenvalue weighted by atomic mass is 28.3. The number of hydrogen-bond acceptors (Lipinski definition) is 1. The number of rotatable bonds is 4. The zero-order valence-corrected chi connectivity index (χ0v) is 16.4. The van der Waals surface area contributed by atoms with Crippen molar-refractivity contribution in [2.75, 3.05) is 7.11 Å². The Morgan fingerprint density at radius 3 is 2.36 bits per heavy atom. The van der Waals surface area contributed by atoms with E-state index in [2.05, 4.69) is 65.1 Å². The van der Waals surface area contributed by atoms with Crippen molar-refractivity contribution >= 4 is 14.0 Å². The predicted octanol–water partition coefficient (Wildman–Crippen LogP) is 4.42. The van der Waals surface area contributed by atoms with Gasteiger partial charge in [0.25, 0.3) is 0 Å². The molecule has 2 heteroatoms. The van der Waals surface area contributed by atoms with Crippen molar-refractivity contribution in [2.24, 2.45) is 0 Å². The smallest absolute Gasteiger partial charge is 0.125 e. The number of hydrogen-bond donors (Lipinski definition) is 0. The molecule has 22 heavy (non-hydrogen) atoms. The summed E-state index contributed by atoms with van der Waals surface area (Å²) >= 11 is 0. The second kappa shape index (κ2) is 6.45. The van der Waals surface area contributed by atoms with Crippen molar-refractivity contribution in [1.82, 2.24) is 0 Å². The first kappa shape index (κ1) is 17.1. The third kappa shape index (κ3) is 3.38. The molecule has 0 fully saturated rings. The van der Waals surface area contributed by atoms with Gasteiger partial charge in [-0.2, -0.15) is 0 Å². The number of ether oxygens (including phenoxy) is 1. The highest BCUT2D eigenvalue weighted by Crippen LogP contribution is 2.36. The fraction of sp³-hybridized carbons (Fsp3) is 0.500. The molecule has 1 nitrogen and oxygen atoms in total. The first-order chi connectivity index (χ1) is 10.3. The van der Waals surface area contributed by atoms with Crippen LogP contribution in [0.15, 0.2) is 29.9 Å². The van der Waals surface area contributed by atoms with Gasteiger partial charge in [-0.15, -0.1) is 0 Å². The molecule has 0 amide bonds. The summed E-state index contributed by atoms with van der Waals surface area (Å²) in [7, 11) is 0.911. The molecule has 0 bridgehead atoms. The van der Waals surface area contributed by atoms with Crippen molar-refractivity contribution in [2.45, 2.75) is 59.0 Å². The summed E-state index contributed by atoms with van der Waals surface area (Å²) in [5.74, 6) is 1.12. The lowest BCUT2D eigenvalue weighted by atomic mass is 9.83. The third-order valence-electron chi connectivity index (χ3n) is 4.45. The van der Waals surface area contributed by atoms with Crippen LogP contribution in [-0.2, 0) is 11.8 Å². The summed E-state index contributed by atoms with van der Waals surface area (Å²) in [5, 5.41) is 1.59. The Labute approximate surface area is 137 Å². The summed E-state index contributed by atoms with van der Waals surface area (Å²) < 4.78 is 5.93. The summed E-state index contributed by atoms with van der Waals surface area (Å²) in [6, 6.07) is 2.36. The predicted molar refractivity (Wildman–Crippen MR) is 100 cm³/mol. The van der Waals surface area contributed by atoms with Gasteiger partial charge in [0.05, 0.1) is 15.9 Å². The quantitative estimate of drug-likeness (QED) is 0.747. The van der Waals surface area contributed by atoms with Crippen LogP contribution in [-0.4, -0.2) is 15.9 Å². The Kier molecular flexibility index (Phi) is 5.01. The summed E-state index contributed by atoms with van der Waals surface area (Å²) in [6.45, 7) is 13.9. The van der Waals surface area contributed by atoms with Crippen molar-refractivity contribution in [3.05, 3.63) is 46.6 Å². The van der Waals surface area contributed by atoms with E-state index in [-0.39, 0.29) is 5.41 Å². The van der Waals surface area contributed by atoms with Crippen LogP contribution in [0.4, 0.5) is 0 Å². The summed E-state index contributed by atoms with van der Waals surface area (Å²) in [4.78, 5) is 0. The lowest BCUT2D eigenvalue weighted by Gasteiger charge is -2.28. The van der Waals surface area contributed by atoms with Gasteiger partial charge in [-0.25, -0.2) is 0 Å². The van der Waals surface area contributed by atoms with Crippen LogP contribution in [0.2, 0.25) is 13.1 Å². The topological polar surface area (TPSA) is 9.23 Å². The zero-order valence-electron chi connectivity index (χ0n) is 15.2. The largest absolute Gasteiger partial charge is 0.496 e. The maximum absolute atomic E-state index is 5.93. The van der Waals surface area contributed by atoms with Gasteiger partial charge in [-0.3, -0.25) is 0 Å². The van der Waals surface area contributed by atoms with Crippen molar-refractivity contribution in [3.8, 4) is 5.75 Å². The van der Waals surface area contributed by atoms with Gasteiger partial charge in [-0.05, 0) is 29.9 Å². The molecule has 0 unspecified atom stereocenters. The van der Waals surface area contributed by atoms with Gasteiger partial charge in [-0.1, -0.05) is 68.9 Å². The molecule has 0 atom stereocenters. The molecule has 1 aromatic rings. The van der Waals surface area contributed by atoms with Crippen LogP contribution in [0.25, 0.3) is 0 Å². The van der Waals surface area contributed by atoms with E-state index in [0.29, 0.717) is 0 Å². The maximum Gasteiger partial charge on any atom is 0.125 e. The summed E-state index contributed by atoms with van der Waals surface area (Å²) in [5.41, 5.74) is 5.75. The highest BCUT2D eigenvalue weighted by molar-refractivity contribution is 6.71. The van der Waals surface area contributed by atoms with Gasteiger partial charge >= 0.3 is 0 Å². The molecule has 0 aromatic heterocycles. The van der Waals surface area contributed by atoms with E-state index in [1.54, 1.807) is 5.19 Å². The van der Waals surface area contributed by atoms with Gasteiger partial charge in [0, 0.05) is 12.0 Å². The molecular formula is C20H30OSi. The van der Waals surface area contributed by atoms with Crippen LogP contribution in [0.5, 0.6) is 5.75 Å². The maximum atomic E-state index is 5.93. The van der Waals surface area contributed by atoms with E-state index in [1.165, 1.54) is 22.3 Å². The zero-order chi connectivity index (χ0) is 16.5. The molecule has 0 saturated carbocycles. The van der Waals surface area contributed by atoms with Gasteiger partial charge < -0.3 is 4.74 Å². The second-order valence-electron chi connectivity index (χ2n) is 7.67. The van der Waals surface area contributed by atoms with Gasteiger partial charge in [0.1, 0.15) is 5.75 Å². The fourth-order valence-electron chi connectivity index (χ4n) is 3.49. The number of methoxy groups -OCH3 is 1. The molecule has 0 spiro atoms. The first-order valence-corrected chi connectivity index (χ1v) is 11.2. The van der Waals surface area contributed by atoms with E-state index >= 15 is 0 Å². The third-order valence-corrected chi connectivity index (χ3v) is 6.41. The van der Waals surface area contributed by atoms with Crippen LogP contribution < -0.4 is 9.92 Å². The van der Waals surface area contributed by atoms with Crippen LogP contribution in [0, 0.1) is 6.92 Å². The molecule has 0 aliphatic heterocycles. The minimum absolute atomic E-state index is 0.0990. The lowest BCUT2D eigenvalue weighted by molar-refractivity contribution is 0.393. The first-order valence-electron chi connectivity index (χ1n) is 8.32. The Balaban J connectivity index is 2.68. The molecule has 1 aliphatic rings. The molecule has 2 rings (SSSR count). The molecular weight excluding hydrogens is 284 g/mol. The molecule has 0 heterocycles. The van der Waals surface area contributed by atoms with Crippen molar-refractivity contribution in [3.63, 3.8) is 0 Å². The van der Waals surface area contributed by atoms with E-state index in [9.17, 15) is 0 Å². The average molecular weight is 315 g/mol. The lowest BCUT2D eigenvalue weighted by Crippen LogP contribution is -2.32. The molecule has 1 aliphatic carbocycles. The van der Waals surface area contributed by atoms with Crippen LogP contribution in [0.3, 0.4) is 0 Å². The molecule has 0 radical (unpaired) electrons.